The van der Waals surface area contributed by atoms with Crippen LogP contribution in [-0.4, -0.2) is 38.3 Å². The zero-order valence-corrected chi connectivity index (χ0v) is 11.8. The number of rotatable bonds is 8. The molecule has 0 saturated carbocycles. The largest absolute Gasteiger partial charge is 0.381 e. The van der Waals surface area contributed by atoms with Gasteiger partial charge < -0.3 is 15.4 Å². The quantitative estimate of drug-likeness (QED) is 0.650. The molecule has 1 heterocycles. The first kappa shape index (κ1) is 15.4. The minimum atomic E-state index is 0.0141. The summed E-state index contributed by atoms with van der Waals surface area (Å²) in [7, 11) is 0. The maximum absolute atomic E-state index is 11.9. The van der Waals surface area contributed by atoms with Gasteiger partial charge >= 0.3 is 0 Å². The van der Waals surface area contributed by atoms with Crippen LogP contribution < -0.4 is 10.6 Å². The van der Waals surface area contributed by atoms with Crippen LogP contribution in [0.1, 0.15) is 46.0 Å². The van der Waals surface area contributed by atoms with Crippen LogP contribution in [0.4, 0.5) is 0 Å². The highest BCUT2D eigenvalue weighted by Gasteiger charge is 2.25. The van der Waals surface area contributed by atoms with Gasteiger partial charge in [-0.05, 0) is 38.1 Å². The molecule has 0 spiro atoms. The van der Waals surface area contributed by atoms with Gasteiger partial charge in [0.1, 0.15) is 0 Å². The second-order valence-corrected chi connectivity index (χ2v) is 5.06. The summed E-state index contributed by atoms with van der Waals surface area (Å²) in [5, 5.41) is 6.29. The van der Waals surface area contributed by atoms with Gasteiger partial charge in [0.2, 0.25) is 5.91 Å². The first-order valence-electron chi connectivity index (χ1n) is 7.36. The first-order chi connectivity index (χ1) is 8.77. The van der Waals surface area contributed by atoms with Crippen molar-refractivity contribution in [2.24, 2.45) is 5.92 Å². The molecular formula is C14H28N2O2. The molecule has 0 bridgehead atoms. The lowest BCUT2D eigenvalue weighted by molar-refractivity contribution is -0.124. The Morgan fingerprint density at radius 2 is 2.22 bits per heavy atom. The molecule has 1 fully saturated rings. The molecule has 106 valence electrons. The van der Waals surface area contributed by atoms with Gasteiger partial charge in [-0.1, -0.05) is 20.3 Å². The molecule has 0 aromatic carbocycles. The number of nitrogens with one attached hydrogen (secondary N) is 2. The Balaban J connectivity index is 2.08. The van der Waals surface area contributed by atoms with Crippen LogP contribution in [0.5, 0.6) is 0 Å². The Labute approximate surface area is 111 Å². The molecule has 1 saturated heterocycles. The number of ether oxygens (including phenoxy) is 1. The summed E-state index contributed by atoms with van der Waals surface area (Å²) in [6, 6.07) is 0.0141. The molecule has 0 aromatic heterocycles. The van der Waals surface area contributed by atoms with Crippen molar-refractivity contribution >= 4 is 5.91 Å². The van der Waals surface area contributed by atoms with E-state index in [1.54, 1.807) is 0 Å². The predicted octanol–water partition coefficient (Wildman–Crippen LogP) is 1.70. The second-order valence-electron chi connectivity index (χ2n) is 5.06. The van der Waals surface area contributed by atoms with Crippen molar-refractivity contribution in [3.63, 3.8) is 0 Å². The zero-order chi connectivity index (χ0) is 13.2. The van der Waals surface area contributed by atoms with Crippen LogP contribution in [0.2, 0.25) is 0 Å². The molecule has 4 nitrogen and oxygen atoms in total. The third-order valence-corrected chi connectivity index (χ3v) is 3.52. The van der Waals surface area contributed by atoms with E-state index in [-0.39, 0.29) is 11.9 Å². The Bertz CT molecular complexity index is 234. The number of carbonyl (C=O) groups excluding carboxylic acids is 1. The van der Waals surface area contributed by atoms with E-state index in [9.17, 15) is 4.79 Å². The standard InChI is InChI=1S/C14H28N2O2/c1-3-9-18-10-5-7-16-14(17)13-11-12(4-2)6-8-15-13/h12-13,15H,3-11H2,1-2H3,(H,16,17). The summed E-state index contributed by atoms with van der Waals surface area (Å²) in [6.07, 6.45) is 5.31. The summed E-state index contributed by atoms with van der Waals surface area (Å²) in [4.78, 5) is 11.9. The lowest BCUT2D eigenvalue weighted by Crippen LogP contribution is -2.48. The SMILES string of the molecule is CCCOCCCNC(=O)C1CC(CC)CCN1. The van der Waals surface area contributed by atoms with Gasteiger partial charge in [0.25, 0.3) is 0 Å². The Hall–Kier alpha value is -0.610. The smallest absolute Gasteiger partial charge is 0.237 e. The number of piperidine rings is 1. The monoisotopic (exact) mass is 256 g/mol. The molecule has 1 aliphatic rings. The van der Waals surface area contributed by atoms with E-state index in [1.807, 2.05) is 0 Å². The van der Waals surface area contributed by atoms with Gasteiger partial charge in [0.15, 0.2) is 0 Å². The number of hydrogen-bond donors (Lipinski definition) is 2. The lowest BCUT2D eigenvalue weighted by atomic mass is 9.90. The second kappa shape index (κ2) is 9.34. The van der Waals surface area contributed by atoms with Crippen LogP contribution in [0.3, 0.4) is 0 Å². The molecule has 0 aliphatic carbocycles. The van der Waals surface area contributed by atoms with Gasteiger partial charge in [-0.15, -0.1) is 0 Å². The van der Waals surface area contributed by atoms with Gasteiger partial charge in [-0.2, -0.15) is 0 Å². The fourth-order valence-electron chi connectivity index (χ4n) is 2.32. The molecular weight excluding hydrogens is 228 g/mol. The van der Waals surface area contributed by atoms with Crippen molar-refractivity contribution < 1.29 is 9.53 Å². The van der Waals surface area contributed by atoms with Crippen molar-refractivity contribution in [3.8, 4) is 0 Å². The minimum Gasteiger partial charge on any atom is -0.381 e. The van der Waals surface area contributed by atoms with Crippen molar-refractivity contribution in [3.05, 3.63) is 0 Å². The third-order valence-electron chi connectivity index (χ3n) is 3.52. The van der Waals surface area contributed by atoms with E-state index < -0.39 is 0 Å². The average Bonchev–Trinajstić information content (AvgIpc) is 2.42. The topological polar surface area (TPSA) is 50.4 Å². The minimum absolute atomic E-state index is 0.0141. The maximum Gasteiger partial charge on any atom is 0.237 e. The van der Waals surface area contributed by atoms with E-state index in [0.717, 1.165) is 45.6 Å². The Morgan fingerprint density at radius 3 is 2.94 bits per heavy atom. The number of carbonyl (C=O) groups is 1. The zero-order valence-electron chi connectivity index (χ0n) is 11.8. The van der Waals surface area contributed by atoms with E-state index >= 15 is 0 Å². The van der Waals surface area contributed by atoms with Crippen molar-refractivity contribution in [1.29, 1.82) is 0 Å². The number of amides is 1. The fourth-order valence-corrected chi connectivity index (χ4v) is 2.32. The molecule has 2 atom stereocenters. The third kappa shape index (κ3) is 5.83. The summed E-state index contributed by atoms with van der Waals surface area (Å²) in [6.45, 7) is 7.55. The van der Waals surface area contributed by atoms with Gasteiger partial charge in [0.05, 0.1) is 6.04 Å². The average molecular weight is 256 g/mol. The summed E-state index contributed by atoms with van der Waals surface area (Å²) >= 11 is 0. The molecule has 0 aromatic rings. The fraction of sp³-hybridized carbons (Fsp3) is 0.929. The molecule has 2 N–H and O–H groups in total. The van der Waals surface area contributed by atoms with E-state index in [0.29, 0.717) is 5.92 Å². The normalized spacial score (nSPS) is 23.9. The van der Waals surface area contributed by atoms with E-state index in [2.05, 4.69) is 24.5 Å². The first-order valence-corrected chi connectivity index (χ1v) is 7.36. The highest BCUT2D eigenvalue weighted by molar-refractivity contribution is 5.81. The van der Waals surface area contributed by atoms with Crippen LogP contribution in [0.25, 0.3) is 0 Å². The van der Waals surface area contributed by atoms with Crippen molar-refractivity contribution in [2.45, 2.75) is 52.0 Å². The molecule has 4 heteroatoms. The lowest BCUT2D eigenvalue weighted by Gasteiger charge is -2.28. The molecule has 18 heavy (non-hydrogen) atoms. The molecule has 1 amide bonds. The van der Waals surface area contributed by atoms with Crippen LogP contribution in [-0.2, 0) is 9.53 Å². The molecule has 1 rings (SSSR count). The summed E-state index contributed by atoms with van der Waals surface area (Å²) in [5.74, 6) is 0.860. The Morgan fingerprint density at radius 1 is 1.39 bits per heavy atom. The van der Waals surface area contributed by atoms with Crippen LogP contribution in [0.15, 0.2) is 0 Å². The van der Waals surface area contributed by atoms with Gasteiger partial charge in [0, 0.05) is 19.8 Å². The van der Waals surface area contributed by atoms with Crippen LogP contribution >= 0.6 is 0 Å². The van der Waals surface area contributed by atoms with Gasteiger partial charge in [-0.25, -0.2) is 0 Å². The van der Waals surface area contributed by atoms with Crippen molar-refractivity contribution in [1.82, 2.24) is 10.6 Å². The summed E-state index contributed by atoms with van der Waals surface area (Å²) < 4.78 is 5.38. The van der Waals surface area contributed by atoms with Gasteiger partial charge in [-0.3, -0.25) is 4.79 Å². The summed E-state index contributed by atoms with van der Waals surface area (Å²) in [5.41, 5.74) is 0. The highest BCUT2D eigenvalue weighted by Crippen LogP contribution is 2.19. The van der Waals surface area contributed by atoms with Crippen LogP contribution in [0, 0.1) is 5.92 Å². The Kier molecular flexibility index (Phi) is 8.01. The number of hydrogen-bond acceptors (Lipinski definition) is 3. The highest BCUT2D eigenvalue weighted by atomic mass is 16.5. The van der Waals surface area contributed by atoms with E-state index in [1.165, 1.54) is 12.8 Å². The van der Waals surface area contributed by atoms with E-state index in [4.69, 9.17) is 4.74 Å². The predicted molar refractivity (Wildman–Crippen MR) is 73.5 cm³/mol. The maximum atomic E-state index is 11.9. The molecule has 1 aliphatic heterocycles. The molecule has 0 radical (unpaired) electrons. The molecule has 2 unspecified atom stereocenters. The van der Waals surface area contributed by atoms with Crippen molar-refractivity contribution in [2.75, 3.05) is 26.3 Å².